The zero-order valence-corrected chi connectivity index (χ0v) is 14.6. The third-order valence-corrected chi connectivity index (χ3v) is 3.59. The molecule has 0 atom stereocenters. The van der Waals surface area contributed by atoms with Gasteiger partial charge in [0, 0.05) is 31.9 Å². The Kier molecular flexibility index (Phi) is 5.51. The lowest BCUT2D eigenvalue weighted by Gasteiger charge is -2.35. The monoisotopic (exact) mass is 348 g/mol. The van der Waals surface area contributed by atoms with Crippen molar-refractivity contribution in [2.45, 2.75) is 26.4 Å². The molecule has 1 aliphatic heterocycles. The van der Waals surface area contributed by atoms with E-state index < -0.39 is 11.6 Å². The van der Waals surface area contributed by atoms with Crippen molar-refractivity contribution in [2.75, 3.05) is 31.5 Å². The number of hydrogen-bond acceptors (Lipinski definition) is 5. The summed E-state index contributed by atoms with van der Waals surface area (Å²) in [5, 5.41) is 13.4. The van der Waals surface area contributed by atoms with E-state index in [0.717, 1.165) is 0 Å². The molecule has 1 fully saturated rings. The van der Waals surface area contributed by atoms with Crippen LogP contribution in [0.1, 0.15) is 31.1 Å². The highest BCUT2D eigenvalue weighted by Gasteiger charge is 2.27. The topological polar surface area (TPSA) is 102 Å². The Hall–Kier alpha value is -2.77. The molecule has 1 heterocycles. The van der Waals surface area contributed by atoms with Crippen molar-refractivity contribution < 1.29 is 24.2 Å². The summed E-state index contributed by atoms with van der Waals surface area (Å²) in [4.78, 5) is 38.1. The van der Waals surface area contributed by atoms with Crippen molar-refractivity contribution in [3.05, 3.63) is 29.8 Å². The van der Waals surface area contributed by atoms with E-state index in [2.05, 4.69) is 5.32 Å². The van der Waals surface area contributed by atoms with E-state index >= 15 is 0 Å². The van der Waals surface area contributed by atoms with Gasteiger partial charge in [0.25, 0.3) is 0 Å². The van der Waals surface area contributed by atoms with E-state index in [1.807, 2.05) is 0 Å². The molecule has 1 saturated heterocycles. The number of nitrogens with one attached hydrogen (secondary N) is 1. The fourth-order valence-electron chi connectivity index (χ4n) is 2.31. The molecule has 1 aromatic carbocycles. The Morgan fingerprint density at radius 1 is 1.00 bits per heavy atom. The zero-order valence-electron chi connectivity index (χ0n) is 14.6. The molecule has 2 rings (SSSR count). The number of nitrogens with zero attached hydrogens (tertiary/aromatic N) is 2. The summed E-state index contributed by atoms with van der Waals surface area (Å²) in [6.07, 6.45) is -0.384. The van der Waals surface area contributed by atoms with Crippen molar-refractivity contribution in [3.8, 4) is 0 Å². The minimum atomic E-state index is -1.27. The first kappa shape index (κ1) is 18.6. The van der Waals surface area contributed by atoms with Crippen molar-refractivity contribution in [2.24, 2.45) is 0 Å². The van der Waals surface area contributed by atoms with Gasteiger partial charge in [-0.05, 0) is 38.5 Å². The number of carbonyl (C=O) groups is 3. The molecule has 0 saturated carbocycles. The summed E-state index contributed by atoms with van der Waals surface area (Å²) in [7, 11) is 0. The molecule has 8 heteroatoms. The summed E-state index contributed by atoms with van der Waals surface area (Å²) in [5.74, 6) is -1.27. The SMILES string of the molecule is CC(C)(C)OC(=O)N1CCN(C(=O)Nc2ccc(C(=O)[O-])cc2)CC1. The molecule has 0 spiro atoms. The van der Waals surface area contributed by atoms with Crippen LogP contribution in [-0.2, 0) is 4.74 Å². The molecular weight excluding hydrogens is 326 g/mol. The number of piperazine rings is 1. The first-order valence-corrected chi connectivity index (χ1v) is 8.01. The van der Waals surface area contributed by atoms with Gasteiger partial charge in [0.05, 0.1) is 5.97 Å². The molecule has 1 aliphatic rings. The summed E-state index contributed by atoms with van der Waals surface area (Å²) >= 11 is 0. The molecule has 0 radical (unpaired) electrons. The summed E-state index contributed by atoms with van der Waals surface area (Å²) in [6.45, 7) is 6.99. The number of anilines is 1. The highest BCUT2D eigenvalue weighted by Crippen LogP contribution is 2.14. The Morgan fingerprint density at radius 3 is 2.00 bits per heavy atom. The van der Waals surface area contributed by atoms with Gasteiger partial charge in [-0.2, -0.15) is 0 Å². The predicted octanol–water partition coefficient (Wildman–Crippen LogP) is 1.13. The maximum Gasteiger partial charge on any atom is 0.410 e. The second kappa shape index (κ2) is 7.42. The highest BCUT2D eigenvalue weighted by atomic mass is 16.6. The van der Waals surface area contributed by atoms with E-state index in [1.54, 1.807) is 30.6 Å². The van der Waals surface area contributed by atoms with Crippen LogP contribution in [0.2, 0.25) is 0 Å². The summed E-state index contributed by atoms with van der Waals surface area (Å²) in [6, 6.07) is 5.43. The molecule has 0 unspecified atom stereocenters. The molecule has 1 aromatic rings. The maximum atomic E-state index is 12.2. The van der Waals surface area contributed by atoms with Crippen LogP contribution in [0.4, 0.5) is 15.3 Å². The van der Waals surface area contributed by atoms with Crippen LogP contribution in [0.3, 0.4) is 0 Å². The molecule has 8 nitrogen and oxygen atoms in total. The quantitative estimate of drug-likeness (QED) is 0.863. The van der Waals surface area contributed by atoms with Crippen LogP contribution in [0.25, 0.3) is 0 Å². The van der Waals surface area contributed by atoms with E-state index in [4.69, 9.17) is 4.74 Å². The number of carbonyl (C=O) groups excluding carboxylic acids is 3. The molecular formula is C17H22N3O5-. The first-order chi connectivity index (χ1) is 11.7. The van der Waals surface area contributed by atoms with Crippen LogP contribution < -0.4 is 10.4 Å². The first-order valence-electron chi connectivity index (χ1n) is 8.01. The van der Waals surface area contributed by atoms with Crippen molar-refractivity contribution in [1.82, 2.24) is 9.80 Å². The van der Waals surface area contributed by atoms with Gasteiger partial charge in [0.15, 0.2) is 0 Å². The third-order valence-electron chi connectivity index (χ3n) is 3.59. The normalized spacial score (nSPS) is 14.8. The van der Waals surface area contributed by atoms with Gasteiger partial charge in [0.1, 0.15) is 5.60 Å². The molecule has 0 bridgehead atoms. The Labute approximate surface area is 146 Å². The Balaban J connectivity index is 1.84. The second-order valence-corrected chi connectivity index (χ2v) is 6.75. The molecule has 25 heavy (non-hydrogen) atoms. The lowest BCUT2D eigenvalue weighted by molar-refractivity contribution is -0.255. The van der Waals surface area contributed by atoms with E-state index in [1.165, 1.54) is 24.3 Å². The maximum absolute atomic E-state index is 12.2. The molecule has 1 N–H and O–H groups in total. The standard InChI is InChI=1S/C17H23N3O5/c1-17(2,3)25-16(24)20-10-8-19(9-11-20)15(23)18-13-6-4-12(5-7-13)14(21)22/h4-7H,8-11H2,1-3H3,(H,18,23)(H,21,22)/p-1. The fraction of sp³-hybridized carbons (Fsp3) is 0.471. The lowest BCUT2D eigenvalue weighted by Crippen LogP contribution is -2.52. The smallest absolute Gasteiger partial charge is 0.410 e. The number of carboxylic acid groups (broad SMARTS) is 1. The molecule has 0 aromatic heterocycles. The number of aromatic carboxylic acids is 1. The average Bonchev–Trinajstić information content (AvgIpc) is 2.54. The van der Waals surface area contributed by atoms with Gasteiger partial charge >= 0.3 is 12.1 Å². The summed E-state index contributed by atoms with van der Waals surface area (Å²) in [5.41, 5.74) is -0.0167. The second-order valence-electron chi connectivity index (χ2n) is 6.75. The van der Waals surface area contributed by atoms with Crippen molar-refractivity contribution in [3.63, 3.8) is 0 Å². The highest BCUT2D eigenvalue weighted by molar-refractivity contribution is 5.91. The van der Waals surface area contributed by atoms with Gasteiger partial charge in [-0.15, -0.1) is 0 Å². The number of hydrogen-bond donors (Lipinski definition) is 1. The van der Waals surface area contributed by atoms with E-state index in [0.29, 0.717) is 31.9 Å². The lowest BCUT2D eigenvalue weighted by atomic mass is 10.2. The number of urea groups is 1. The zero-order chi connectivity index (χ0) is 18.6. The van der Waals surface area contributed by atoms with Gasteiger partial charge in [-0.25, -0.2) is 9.59 Å². The number of rotatable bonds is 2. The third kappa shape index (κ3) is 5.37. The number of benzene rings is 1. The number of ether oxygens (including phenoxy) is 1. The number of carboxylic acids is 1. The minimum absolute atomic E-state index is 0.0453. The van der Waals surface area contributed by atoms with Crippen LogP contribution >= 0.6 is 0 Å². The van der Waals surface area contributed by atoms with Gasteiger partial charge in [-0.1, -0.05) is 12.1 Å². The summed E-state index contributed by atoms with van der Waals surface area (Å²) < 4.78 is 5.31. The number of amides is 3. The van der Waals surface area contributed by atoms with Crippen molar-refractivity contribution in [1.29, 1.82) is 0 Å². The molecule has 0 aliphatic carbocycles. The van der Waals surface area contributed by atoms with Crippen LogP contribution in [0.5, 0.6) is 0 Å². The van der Waals surface area contributed by atoms with Crippen LogP contribution in [-0.4, -0.2) is 59.7 Å². The minimum Gasteiger partial charge on any atom is -0.545 e. The van der Waals surface area contributed by atoms with E-state index in [9.17, 15) is 19.5 Å². The molecule has 3 amide bonds. The van der Waals surface area contributed by atoms with Gasteiger partial charge in [-0.3, -0.25) is 0 Å². The molecule has 136 valence electrons. The Bertz CT molecular complexity index is 643. The fourth-order valence-corrected chi connectivity index (χ4v) is 2.31. The Morgan fingerprint density at radius 2 is 1.52 bits per heavy atom. The predicted molar refractivity (Wildman–Crippen MR) is 89.2 cm³/mol. The van der Waals surface area contributed by atoms with Crippen LogP contribution in [0, 0.1) is 0 Å². The van der Waals surface area contributed by atoms with Crippen LogP contribution in [0.15, 0.2) is 24.3 Å². The average molecular weight is 348 g/mol. The van der Waals surface area contributed by atoms with Gasteiger partial charge in [0.2, 0.25) is 0 Å². The van der Waals surface area contributed by atoms with Crippen molar-refractivity contribution >= 4 is 23.8 Å². The largest absolute Gasteiger partial charge is 0.545 e. The van der Waals surface area contributed by atoms with E-state index in [-0.39, 0.29) is 17.7 Å². The van der Waals surface area contributed by atoms with Gasteiger partial charge < -0.3 is 29.8 Å².